The van der Waals surface area contributed by atoms with Gasteiger partial charge in [0.1, 0.15) is 5.65 Å². The lowest BCUT2D eigenvalue weighted by Gasteiger charge is -2.06. The normalized spacial score (nSPS) is 10.8. The number of ether oxygens (including phenoxy) is 1. The third-order valence-corrected chi connectivity index (χ3v) is 3.76. The van der Waals surface area contributed by atoms with E-state index in [-0.39, 0.29) is 12.1 Å². The number of methoxy groups -OCH3 is 1. The fourth-order valence-corrected chi connectivity index (χ4v) is 2.55. The van der Waals surface area contributed by atoms with Crippen LogP contribution in [0, 0.1) is 17.0 Å². The molecule has 3 aromatic rings. The van der Waals surface area contributed by atoms with E-state index in [2.05, 4.69) is 9.72 Å². The summed E-state index contributed by atoms with van der Waals surface area (Å²) in [6.45, 7) is 1.90. The molecule has 0 bridgehead atoms. The standard InChI is InChI=1S/C16H14N4O5/c1-10-4-3-5-14-17-12(9-19(10)14)8-18-7-11(16(22)25-2)6-13(15(18)21)20(23)24/h3-7,9H,8H2,1-2H3. The van der Waals surface area contributed by atoms with Crippen molar-refractivity contribution in [2.24, 2.45) is 0 Å². The van der Waals surface area contributed by atoms with Crippen molar-refractivity contribution in [1.82, 2.24) is 14.0 Å². The Kier molecular flexibility index (Phi) is 4.05. The monoisotopic (exact) mass is 342 g/mol. The van der Waals surface area contributed by atoms with Gasteiger partial charge < -0.3 is 13.7 Å². The summed E-state index contributed by atoms with van der Waals surface area (Å²) in [5.74, 6) is -0.761. The van der Waals surface area contributed by atoms with E-state index in [1.165, 1.54) is 6.20 Å². The van der Waals surface area contributed by atoms with Crippen LogP contribution in [0.1, 0.15) is 21.7 Å². The van der Waals surface area contributed by atoms with E-state index in [4.69, 9.17) is 0 Å². The van der Waals surface area contributed by atoms with Crippen LogP contribution in [0.4, 0.5) is 5.69 Å². The fourth-order valence-electron chi connectivity index (χ4n) is 2.55. The third-order valence-electron chi connectivity index (χ3n) is 3.76. The van der Waals surface area contributed by atoms with Crippen LogP contribution in [0.3, 0.4) is 0 Å². The molecule has 0 amide bonds. The average Bonchev–Trinajstić information content (AvgIpc) is 2.99. The minimum Gasteiger partial charge on any atom is -0.465 e. The number of pyridine rings is 2. The maximum absolute atomic E-state index is 12.3. The maximum Gasteiger partial charge on any atom is 0.339 e. The number of aryl methyl sites for hydroxylation is 1. The van der Waals surface area contributed by atoms with Gasteiger partial charge >= 0.3 is 17.2 Å². The van der Waals surface area contributed by atoms with Gasteiger partial charge in [0.25, 0.3) is 0 Å². The van der Waals surface area contributed by atoms with Crippen molar-refractivity contribution in [1.29, 1.82) is 0 Å². The van der Waals surface area contributed by atoms with Crippen LogP contribution in [-0.4, -0.2) is 32.0 Å². The molecular weight excluding hydrogens is 328 g/mol. The van der Waals surface area contributed by atoms with E-state index in [0.29, 0.717) is 11.3 Å². The molecule has 0 aliphatic rings. The molecule has 3 aromatic heterocycles. The number of imidazole rings is 1. The molecule has 0 spiro atoms. The number of carbonyl (C=O) groups excluding carboxylic acids is 1. The molecule has 0 N–H and O–H groups in total. The molecule has 3 heterocycles. The molecule has 0 atom stereocenters. The molecule has 3 rings (SSSR count). The van der Waals surface area contributed by atoms with Crippen molar-refractivity contribution in [3.8, 4) is 0 Å². The summed E-state index contributed by atoms with van der Waals surface area (Å²) in [5, 5.41) is 11.1. The number of carbonyl (C=O) groups is 1. The lowest BCUT2D eigenvalue weighted by molar-refractivity contribution is -0.386. The highest BCUT2D eigenvalue weighted by molar-refractivity contribution is 5.89. The highest BCUT2D eigenvalue weighted by Gasteiger charge is 2.20. The second-order valence-corrected chi connectivity index (χ2v) is 5.42. The van der Waals surface area contributed by atoms with Crippen molar-refractivity contribution in [2.45, 2.75) is 13.5 Å². The summed E-state index contributed by atoms with van der Waals surface area (Å²) in [4.78, 5) is 38.7. The first-order valence-electron chi connectivity index (χ1n) is 7.31. The molecule has 0 saturated heterocycles. The van der Waals surface area contributed by atoms with Gasteiger partial charge in [0.15, 0.2) is 0 Å². The van der Waals surface area contributed by atoms with E-state index < -0.39 is 22.1 Å². The van der Waals surface area contributed by atoms with Crippen molar-refractivity contribution in [3.05, 3.63) is 74.1 Å². The number of hydrogen-bond donors (Lipinski definition) is 0. The van der Waals surface area contributed by atoms with Crippen LogP contribution in [0.2, 0.25) is 0 Å². The second kappa shape index (κ2) is 6.19. The van der Waals surface area contributed by atoms with Crippen LogP contribution in [0.15, 0.2) is 41.5 Å². The molecule has 128 valence electrons. The minimum absolute atomic E-state index is 0.00831. The summed E-state index contributed by atoms with van der Waals surface area (Å²) < 4.78 is 7.51. The molecule has 9 nitrogen and oxygen atoms in total. The largest absolute Gasteiger partial charge is 0.465 e. The molecule has 0 aromatic carbocycles. The van der Waals surface area contributed by atoms with Crippen molar-refractivity contribution in [3.63, 3.8) is 0 Å². The smallest absolute Gasteiger partial charge is 0.339 e. The topological polar surface area (TPSA) is 109 Å². The Morgan fingerprint density at radius 2 is 2.12 bits per heavy atom. The zero-order valence-corrected chi connectivity index (χ0v) is 13.5. The van der Waals surface area contributed by atoms with Gasteiger partial charge in [-0.3, -0.25) is 14.9 Å². The molecule has 0 aliphatic carbocycles. The molecule has 0 radical (unpaired) electrons. The quantitative estimate of drug-likeness (QED) is 0.404. The number of fused-ring (bicyclic) bond motifs is 1. The number of rotatable bonds is 4. The van der Waals surface area contributed by atoms with Crippen LogP contribution in [0.25, 0.3) is 5.65 Å². The van der Waals surface area contributed by atoms with Crippen molar-refractivity contribution < 1.29 is 14.5 Å². The van der Waals surface area contributed by atoms with Gasteiger partial charge in [-0.15, -0.1) is 0 Å². The first-order valence-corrected chi connectivity index (χ1v) is 7.31. The fraction of sp³-hybridized carbons (Fsp3) is 0.188. The zero-order valence-electron chi connectivity index (χ0n) is 13.5. The first-order chi connectivity index (χ1) is 11.9. The van der Waals surface area contributed by atoms with Crippen molar-refractivity contribution >= 4 is 17.3 Å². The van der Waals surface area contributed by atoms with E-state index in [0.717, 1.165) is 23.4 Å². The number of hydrogen-bond acceptors (Lipinski definition) is 6. The summed E-state index contributed by atoms with van der Waals surface area (Å²) in [7, 11) is 1.16. The summed E-state index contributed by atoms with van der Waals surface area (Å²) >= 11 is 0. The minimum atomic E-state index is -0.820. The van der Waals surface area contributed by atoms with Gasteiger partial charge in [-0.2, -0.15) is 0 Å². The van der Waals surface area contributed by atoms with Gasteiger partial charge in [-0.1, -0.05) is 6.07 Å². The van der Waals surface area contributed by atoms with E-state index in [9.17, 15) is 19.7 Å². The van der Waals surface area contributed by atoms with Gasteiger partial charge in [0.2, 0.25) is 0 Å². The molecule has 9 heteroatoms. The molecule has 0 fully saturated rings. The Morgan fingerprint density at radius 1 is 1.36 bits per heavy atom. The lowest BCUT2D eigenvalue weighted by Crippen LogP contribution is -2.24. The van der Waals surface area contributed by atoms with Crippen LogP contribution in [-0.2, 0) is 11.3 Å². The van der Waals surface area contributed by atoms with E-state index in [1.54, 1.807) is 6.20 Å². The lowest BCUT2D eigenvalue weighted by atomic mass is 10.2. The van der Waals surface area contributed by atoms with Gasteiger partial charge in [-0.05, 0) is 19.1 Å². The number of aromatic nitrogens is 3. The Hall–Kier alpha value is -3.49. The average molecular weight is 342 g/mol. The molecule has 0 aliphatic heterocycles. The van der Waals surface area contributed by atoms with Gasteiger partial charge in [-0.25, -0.2) is 9.78 Å². The number of esters is 1. The second-order valence-electron chi connectivity index (χ2n) is 5.42. The summed E-state index contributed by atoms with van der Waals surface area (Å²) in [6.07, 6.45) is 2.98. The van der Waals surface area contributed by atoms with Crippen LogP contribution < -0.4 is 5.56 Å². The Bertz CT molecular complexity index is 1050. The molecule has 0 unspecified atom stereocenters. The molecular formula is C16H14N4O5. The number of nitro groups is 1. The Labute approximate surface area is 141 Å². The highest BCUT2D eigenvalue weighted by Crippen LogP contribution is 2.12. The first kappa shape index (κ1) is 16.4. The van der Waals surface area contributed by atoms with Crippen LogP contribution >= 0.6 is 0 Å². The third kappa shape index (κ3) is 2.99. The van der Waals surface area contributed by atoms with E-state index in [1.807, 2.05) is 29.5 Å². The maximum atomic E-state index is 12.3. The van der Waals surface area contributed by atoms with E-state index >= 15 is 0 Å². The van der Waals surface area contributed by atoms with Crippen molar-refractivity contribution in [2.75, 3.05) is 7.11 Å². The molecule has 25 heavy (non-hydrogen) atoms. The SMILES string of the molecule is COC(=O)c1cc([N+](=O)[O-])c(=O)n(Cc2cn3c(C)cccc3n2)c1. The zero-order chi connectivity index (χ0) is 18.1. The summed E-state index contributed by atoms with van der Waals surface area (Å²) in [5.41, 5.74) is 0.607. The highest BCUT2D eigenvalue weighted by atomic mass is 16.6. The predicted molar refractivity (Wildman–Crippen MR) is 87.7 cm³/mol. The number of nitrogens with zero attached hydrogens (tertiary/aromatic N) is 4. The van der Waals surface area contributed by atoms with Crippen LogP contribution in [0.5, 0.6) is 0 Å². The molecule has 0 saturated carbocycles. The summed E-state index contributed by atoms with van der Waals surface area (Å²) in [6, 6.07) is 6.49. The Morgan fingerprint density at radius 3 is 2.76 bits per heavy atom. The van der Waals surface area contributed by atoms with Gasteiger partial charge in [0.05, 0.1) is 29.8 Å². The Balaban J connectivity index is 2.10. The predicted octanol–water partition coefficient (Wildman–Crippen LogP) is 1.55. The van der Waals surface area contributed by atoms with Gasteiger partial charge in [0, 0.05) is 24.2 Å².